The van der Waals surface area contributed by atoms with E-state index in [9.17, 15) is 9.18 Å². The van der Waals surface area contributed by atoms with Crippen LogP contribution in [-0.2, 0) is 22.4 Å². The van der Waals surface area contributed by atoms with Gasteiger partial charge < -0.3 is 14.4 Å². The van der Waals surface area contributed by atoms with E-state index in [1.807, 2.05) is 6.92 Å². The number of fused-ring (bicyclic) bond motifs is 1. The Labute approximate surface area is 144 Å². The van der Waals surface area contributed by atoms with Crippen molar-refractivity contribution in [3.63, 3.8) is 0 Å². The molecule has 4 rings (SSSR count). The second-order valence-corrected chi connectivity index (χ2v) is 6.18. The lowest BCUT2D eigenvalue weighted by atomic mass is 10.1. The van der Waals surface area contributed by atoms with E-state index in [0.717, 1.165) is 17.8 Å². The molecular formula is C17H19FN4O3. The largest absolute Gasteiger partial charge is 0.477 e. The molecular weight excluding hydrogens is 327 g/mol. The van der Waals surface area contributed by atoms with Gasteiger partial charge in [0.05, 0.1) is 13.2 Å². The number of hydrogen-bond donors (Lipinski definition) is 1. The van der Waals surface area contributed by atoms with Gasteiger partial charge in [-0.2, -0.15) is 5.10 Å². The van der Waals surface area contributed by atoms with E-state index < -0.39 is 11.9 Å². The van der Waals surface area contributed by atoms with E-state index >= 15 is 0 Å². The minimum Gasteiger partial charge on any atom is -0.477 e. The van der Waals surface area contributed by atoms with Crippen LogP contribution in [0.2, 0.25) is 0 Å². The first-order chi connectivity index (χ1) is 12.2. The summed E-state index contributed by atoms with van der Waals surface area (Å²) in [4.78, 5) is 18.9. The number of aromatic amines is 1. The number of benzene rings is 1. The highest BCUT2D eigenvalue weighted by atomic mass is 19.1. The van der Waals surface area contributed by atoms with E-state index in [2.05, 4.69) is 15.2 Å². The summed E-state index contributed by atoms with van der Waals surface area (Å²) < 4.78 is 25.1. The number of hydrogen-bond acceptors (Lipinski definition) is 5. The Morgan fingerprint density at radius 3 is 3.12 bits per heavy atom. The molecule has 1 aromatic heterocycles. The average Bonchev–Trinajstić information content (AvgIpc) is 3.29. The minimum atomic E-state index is -0.691. The van der Waals surface area contributed by atoms with Crippen molar-refractivity contribution in [2.75, 3.05) is 19.7 Å². The quantitative estimate of drug-likeness (QED) is 0.909. The lowest BCUT2D eigenvalue weighted by Gasteiger charge is -2.32. The standard InChI is InChI=1S/C17H19FN4O3/c1-2-14-19-16(21-20-14)13-9-22(6-7-24-13)17(23)12-8-10-4-3-5-11(18)15(10)25-12/h3-5,12-13H,2,6-9H2,1H3,(H,19,20,21)/t12-,13+/m0/s1. The Morgan fingerprint density at radius 1 is 1.48 bits per heavy atom. The van der Waals surface area contributed by atoms with Gasteiger partial charge in [-0.05, 0) is 6.07 Å². The molecule has 0 unspecified atom stereocenters. The summed E-state index contributed by atoms with van der Waals surface area (Å²) in [7, 11) is 0. The van der Waals surface area contributed by atoms with E-state index in [1.165, 1.54) is 6.07 Å². The number of nitrogens with zero attached hydrogens (tertiary/aromatic N) is 3. The molecule has 1 aromatic carbocycles. The molecule has 1 fully saturated rings. The van der Waals surface area contributed by atoms with E-state index in [4.69, 9.17) is 9.47 Å². The molecule has 8 heteroatoms. The predicted octanol–water partition coefficient (Wildman–Crippen LogP) is 1.41. The topological polar surface area (TPSA) is 80.3 Å². The molecule has 132 valence electrons. The number of halogens is 1. The van der Waals surface area contributed by atoms with Crippen molar-refractivity contribution in [2.24, 2.45) is 0 Å². The lowest BCUT2D eigenvalue weighted by molar-refractivity contribution is -0.146. The molecule has 1 saturated heterocycles. The fourth-order valence-corrected chi connectivity index (χ4v) is 3.19. The highest BCUT2D eigenvalue weighted by molar-refractivity contribution is 5.82. The third kappa shape index (κ3) is 2.97. The Kier molecular flexibility index (Phi) is 4.12. The number of aromatic nitrogens is 3. The molecule has 2 aliphatic rings. The maximum absolute atomic E-state index is 13.8. The molecule has 2 aromatic rings. The first kappa shape index (κ1) is 16.0. The average molecular weight is 346 g/mol. The van der Waals surface area contributed by atoms with Crippen LogP contribution in [0.25, 0.3) is 0 Å². The molecule has 3 heterocycles. The van der Waals surface area contributed by atoms with Gasteiger partial charge in [-0.1, -0.05) is 19.1 Å². The highest BCUT2D eigenvalue weighted by Crippen LogP contribution is 2.32. The van der Waals surface area contributed by atoms with Crippen LogP contribution in [0.15, 0.2) is 18.2 Å². The Bertz CT molecular complexity index is 794. The number of morpholine rings is 1. The summed E-state index contributed by atoms with van der Waals surface area (Å²) in [5, 5.41) is 7.03. The summed E-state index contributed by atoms with van der Waals surface area (Å²) in [6.45, 7) is 3.22. The summed E-state index contributed by atoms with van der Waals surface area (Å²) in [5.41, 5.74) is 0.727. The van der Waals surface area contributed by atoms with Gasteiger partial charge in [0.2, 0.25) is 0 Å². The molecule has 7 nitrogen and oxygen atoms in total. The smallest absolute Gasteiger partial charge is 0.264 e. The molecule has 25 heavy (non-hydrogen) atoms. The molecule has 2 atom stereocenters. The van der Waals surface area contributed by atoms with Gasteiger partial charge in [0, 0.05) is 24.9 Å². The van der Waals surface area contributed by atoms with Crippen molar-refractivity contribution < 1.29 is 18.7 Å². The lowest BCUT2D eigenvalue weighted by Crippen LogP contribution is -2.48. The molecule has 0 radical (unpaired) electrons. The molecule has 2 aliphatic heterocycles. The molecule has 0 bridgehead atoms. The van der Waals surface area contributed by atoms with Crippen LogP contribution in [0.4, 0.5) is 4.39 Å². The van der Waals surface area contributed by atoms with Crippen LogP contribution in [0.3, 0.4) is 0 Å². The van der Waals surface area contributed by atoms with Crippen LogP contribution < -0.4 is 4.74 Å². The fourth-order valence-electron chi connectivity index (χ4n) is 3.19. The maximum Gasteiger partial charge on any atom is 0.264 e. The summed E-state index contributed by atoms with van der Waals surface area (Å²) >= 11 is 0. The maximum atomic E-state index is 13.8. The van der Waals surface area contributed by atoms with Gasteiger partial charge in [-0.3, -0.25) is 9.89 Å². The normalized spacial score (nSPS) is 22.6. The van der Waals surface area contributed by atoms with Crippen molar-refractivity contribution in [1.82, 2.24) is 20.1 Å². The van der Waals surface area contributed by atoms with Crippen molar-refractivity contribution in [3.8, 4) is 5.75 Å². The molecule has 1 N–H and O–H groups in total. The Morgan fingerprint density at radius 2 is 2.36 bits per heavy atom. The zero-order chi connectivity index (χ0) is 17.4. The van der Waals surface area contributed by atoms with Gasteiger partial charge in [-0.25, -0.2) is 9.37 Å². The number of H-pyrrole nitrogens is 1. The SMILES string of the molecule is CCc1nc([C@H]2CN(C(=O)[C@@H]3Cc4cccc(F)c4O3)CCO2)n[nH]1. The van der Waals surface area contributed by atoms with Crippen molar-refractivity contribution in [2.45, 2.75) is 32.0 Å². The van der Waals surface area contributed by atoms with Gasteiger partial charge >= 0.3 is 0 Å². The number of para-hydroxylation sites is 1. The first-order valence-electron chi connectivity index (χ1n) is 8.41. The number of carbonyl (C=O) groups excluding carboxylic acids is 1. The van der Waals surface area contributed by atoms with Gasteiger partial charge in [-0.15, -0.1) is 0 Å². The Hall–Kier alpha value is -2.48. The van der Waals surface area contributed by atoms with Crippen LogP contribution in [0.5, 0.6) is 5.75 Å². The zero-order valence-corrected chi connectivity index (χ0v) is 13.9. The molecule has 1 amide bonds. The predicted molar refractivity (Wildman–Crippen MR) is 85.6 cm³/mol. The molecule has 0 saturated carbocycles. The third-order valence-corrected chi connectivity index (χ3v) is 4.54. The summed E-state index contributed by atoms with van der Waals surface area (Å²) in [5.74, 6) is 0.936. The summed E-state index contributed by atoms with van der Waals surface area (Å²) in [6, 6.07) is 4.75. The van der Waals surface area contributed by atoms with Gasteiger partial charge in [0.25, 0.3) is 5.91 Å². The molecule has 0 spiro atoms. The number of rotatable bonds is 3. The molecule has 0 aliphatic carbocycles. The van der Waals surface area contributed by atoms with E-state index in [0.29, 0.717) is 31.9 Å². The van der Waals surface area contributed by atoms with Crippen molar-refractivity contribution in [1.29, 1.82) is 0 Å². The fraction of sp³-hybridized carbons (Fsp3) is 0.471. The number of aryl methyl sites for hydroxylation is 1. The number of carbonyl (C=O) groups is 1. The minimum absolute atomic E-state index is 0.157. The van der Waals surface area contributed by atoms with Crippen LogP contribution in [0, 0.1) is 5.82 Å². The van der Waals surface area contributed by atoms with Crippen LogP contribution in [0.1, 0.15) is 30.2 Å². The van der Waals surface area contributed by atoms with Gasteiger partial charge in [0.15, 0.2) is 23.5 Å². The third-order valence-electron chi connectivity index (χ3n) is 4.54. The second kappa shape index (κ2) is 6.44. The van der Waals surface area contributed by atoms with E-state index in [1.54, 1.807) is 17.0 Å². The van der Waals surface area contributed by atoms with E-state index in [-0.39, 0.29) is 17.8 Å². The number of ether oxygens (including phenoxy) is 2. The van der Waals surface area contributed by atoms with Crippen LogP contribution in [-0.4, -0.2) is 51.8 Å². The monoisotopic (exact) mass is 346 g/mol. The Balaban J connectivity index is 1.45. The number of amides is 1. The first-order valence-corrected chi connectivity index (χ1v) is 8.41. The van der Waals surface area contributed by atoms with Crippen molar-refractivity contribution in [3.05, 3.63) is 41.2 Å². The van der Waals surface area contributed by atoms with Crippen molar-refractivity contribution >= 4 is 5.91 Å². The van der Waals surface area contributed by atoms with Gasteiger partial charge in [0.1, 0.15) is 11.9 Å². The highest BCUT2D eigenvalue weighted by Gasteiger charge is 2.36. The number of nitrogens with one attached hydrogen (secondary N) is 1. The van der Waals surface area contributed by atoms with Crippen LogP contribution >= 0.6 is 0 Å². The summed E-state index contributed by atoms with van der Waals surface area (Å²) in [6.07, 6.45) is 0.0789. The second-order valence-electron chi connectivity index (χ2n) is 6.18. The zero-order valence-electron chi connectivity index (χ0n) is 13.9.